The van der Waals surface area contributed by atoms with E-state index >= 15 is 0 Å². The minimum atomic E-state index is -3.77. The number of aryl methyl sites for hydroxylation is 1. The third kappa shape index (κ3) is 3.48. The molecule has 0 bridgehead atoms. The summed E-state index contributed by atoms with van der Waals surface area (Å²) in [5.41, 5.74) is 7.61. The molecule has 2 aromatic rings. The van der Waals surface area contributed by atoms with E-state index in [0.717, 1.165) is 18.5 Å². The van der Waals surface area contributed by atoms with Crippen molar-refractivity contribution >= 4 is 33.1 Å². The summed E-state index contributed by atoms with van der Waals surface area (Å²) in [5.74, 6) is 0.244. The average Bonchev–Trinajstić information content (AvgIpc) is 2.82. The van der Waals surface area contributed by atoms with Crippen molar-refractivity contribution in [1.29, 1.82) is 0 Å². The van der Waals surface area contributed by atoms with E-state index in [4.69, 9.17) is 17.3 Å². The van der Waals surface area contributed by atoms with Gasteiger partial charge in [-0.2, -0.15) is 5.10 Å². The van der Waals surface area contributed by atoms with Crippen molar-refractivity contribution in [3.63, 3.8) is 0 Å². The van der Waals surface area contributed by atoms with Crippen LogP contribution >= 0.6 is 11.6 Å². The maximum Gasteiger partial charge on any atom is 0.263 e. The Balaban J connectivity index is 2.29. The van der Waals surface area contributed by atoms with E-state index in [1.54, 1.807) is 13.0 Å². The highest BCUT2D eigenvalue weighted by atomic mass is 35.5. The number of aromatic amines is 1. The quantitative estimate of drug-likeness (QED) is 0.734. The van der Waals surface area contributed by atoms with Crippen LogP contribution in [-0.4, -0.2) is 18.6 Å². The van der Waals surface area contributed by atoms with Gasteiger partial charge in [0.05, 0.1) is 4.90 Å². The van der Waals surface area contributed by atoms with Crippen molar-refractivity contribution < 1.29 is 8.42 Å². The van der Waals surface area contributed by atoms with Crippen molar-refractivity contribution in [2.24, 2.45) is 0 Å². The second-order valence-electron chi connectivity index (χ2n) is 4.75. The minimum Gasteiger partial charge on any atom is -0.398 e. The van der Waals surface area contributed by atoms with Gasteiger partial charge >= 0.3 is 0 Å². The zero-order valence-electron chi connectivity index (χ0n) is 11.8. The molecule has 0 aliphatic carbocycles. The fourth-order valence-electron chi connectivity index (χ4n) is 1.84. The topological polar surface area (TPSA) is 101 Å². The number of H-pyrrole nitrogens is 1. The molecule has 0 aliphatic rings. The lowest BCUT2D eigenvalue weighted by atomic mass is 10.2. The molecule has 21 heavy (non-hydrogen) atoms. The molecule has 2 rings (SSSR count). The van der Waals surface area contributed by atoms with Crippen LogP contribution in [0.25, 0.3) is 0 Å². The standard InChI is InChI=1S/C13H17ClN4O2S/c1-3-4-9-5-13(17-16-9)18-21(19,20)10-6-11(14)8(2)12(15)7-10/h5-7H,3-4,15H2,1-2H3,(H2,16,17,18). The molecule has 1 heterocycles. The zero-order chi connectivity index (χ0) is 15.6. The Hall–Kier alpha value is -1.73. The fraction of sp³-hybridized carbons (Fsp3) is 0.308. The number of sulfonamides is 1. The normalized spacial score (nSPS) is 11.6. The van der Waals surface area contributed by atoms with E-state index in [1.165, 1.54) is 12.1 Å². The number of nitrogens with two attached hydrogens (primary N) is 1. The molecular formula is C13H17ClN4O2S. The lowest BCUT2D eigenvalue weighted by molar-refractivity contribution is 0.601. The van der Waals surface area contributed by atoms with Crippen LogP contribution in [-0.2, 0) is 16.4 Å². The van der Waals surface area contributed by atoms with Crippen molar-refractivity contribution in [2.45, 2.75) is 31.6 Å². The van der Waals surface area contributed by atoms with Crippen LogP contribution in [0.5, 0.6) is 0 Å². The molecule has 4 N–H and O–H groups in total. The number of halogens is 1. The fourth-order valence-corrected chi connectivity index (χ4v) is 3.18. The number of rotatable bonds is 5. The number of hydrogen-bond acceptors (Lipinski definition) is 4. The molecule has 0 unspecified atom stereocenters. The van der Waals surface area contributed by atoms with E-state index in [9.17, 15) is 8.42 Å². The Bertz CT molecular complexity index is 732. The van der Waals surface area contributed by atoms with E-state index in [0.29, 0.717) is 16.3 Å². The summed E-state index contributed by atoms with van der Waals surface area (Å²) in [6.45, 7) is 3.76. The smallest absolute Gasteiger partial charge is 0.263 e. The number of aromatic nitrogens is 2. The first-order valence-corrected chi connectivity index (χ1v) is 8.32. The Morgan fingerprint density at radius 1 is 1.38 bits per heavy atom. The van der Waals surface area contributed by atoms with Gasteiger partial charge in [-0.3, -0.25) is 9.82 Å². The molecule has 1 aromatic carbocycles. The number of benzene rings is 1. The maximum absolute atomic E-state index is 12.3. The second kappa shape index (κ2) is 5.95. The summed E-state index contributed by atoms with van der Waals surface area (Å²) in [6, 6.07) is 4.42. The number of nitrogens with zero attached hydrogens (tertiary/aromatic N) is 1. The van der Waals surface area contributed by atoms with Crippen molar-refractivity contribution in [3.8, 4) is 0 Å². The van der Waals surface area contributed by atoms with E-state index < -0.39 is 10.0 Å². The van der Waals surface area contributed by atoms with Crippen molar-refractivity contribution in [3.05, 3.63) is 34.5 Å². The molecule has 0 fully saturated rings. The lowest BCUT2D eigenvalue weighted by Crippen LogP contribution is -2.14. The van der Waals surface area contributed by atoms with Gasteiger partial charge in [-0.05, 0) is 31.0 Å². The van der Waals surface area contributed by atoms with Crippen LogP contribution in [0.1, 0.15) is 24.6 Å². The van der Waals surface area contributed by atoms with Gasteiger partial charge < -0.3 is 5.73 Å². The van der Waals surface area contributed by atoms with Gasteiger partial charge in [0.25, 0.3) is 10.0 Å². The Labute approximate surface area is 128 Å². The van der Waals surface area contributed by atoms with Gasteiger partial charge in [0.15, 0.2) is 5.82 Å². The first-order chi connectivity index (χ1) is 9.83. The molecule has 0 spiro atoms. The first-order valence-electron chi connectivity index (χ1n) is 6.46. The van der Waals surface area contributed by atoms with Crippen molar-refractivity contribution in [1.82, 2.24) is 10.2 Å². The molecule has 0 atom stereocenters. The van der Waals surface area contributed by atoms with Crippen LogP contribution in [0.4, 0.5) is 11.5 Å². The molecule has 0 saturated carbocycles. The van der Waals surface area contributed by atoms with E-state index in [1.807, 2.05) is 6.92 Å². The molecular weight excluding hydrogens is 312 g/mol. The summed E-state index contributed by atoms with van der Waals surface area (Å²) < 4.78 is 27.0. The molecule has 0 aliphatic heterocycles. The highest BCUT2D eigenvalue weighted by molar-refractivity contribution is 7.92. The van der Waals surface area contributed by atoms with E-state index in [-0.39, 0.29) is 10.7 Å². The summed E-state index contributed by atoms with van der Waals surface area (Å²) in [4.78, 5) is 0.00985. The number of hydrogen-bond donors (Lipinski definition) is 3. The molecule has 1 aromatic heterocycles. The summed E-state index contributed by atoms with van der Waals surface area (Å²) in [6.07, 6.45) is 1.75. The predicted molar refractivity (Wildman–Crippen MR) is 84.0 cm³/mol. The first kappa shape index (κ1) is 15.7. The molecule has 114 valence electrons. The Morgan fingerprint density at radius 3 is 2.71 bits per heavy atom. The average molecular weight is 329 g/mol. The highest BCUT2D eigenvalue weighted by Crippen LogP contribution is 2.27. The Morgan fingerprint density at radius 2 is 2.10 bits per heavy atom. The van der Waals surface area contributed by atoms with Crippen molar-refractivity contribution in [2.75, 3.05) is 10.5 Å². The highest BCUT2D eigenvalue weighted by Gasteiger charge is 2.18. The van der Waals surface area contributed by atoms with Gasteiger partial charge in [0.2, 0.25) is 0 Å². The number of anilines is 2. The molecule has 8 heteroatoms. The maximum atomic E-state index is 12.3. The minimum absolute atomic E-state index is 0.00985. The van der Waals surface area contributed by atoms with Crippen LogP contribution in [0.2, 0.25) is 5.02 Å². The summed E-state index contributed by atoms with van der Waals surface area (Å²) in [7, 11) is -3.77. The second-order valence-corrected chi connectivity index (χ2v) is 6.84. The lowest BCUT2D eigenvalue weighted by Gasteiger charge is -2.09. The molecule has 0 amide bonds. The molecule has 0 saturated heterocycles. The molecule has 6 nitrogen and oxygen atoms in total. The van der Waals surface area contributed by atoms with Crippen LogP contribution in [0.3, 0.4) is 0 Å². The third-order valence-corrected chi connectivity index (χ3v) is 4.78. The monoisotopic (exact) mass is 328 g/mol. The number of nitrogens with one attached hydrogen (secondary N) is 2. The van der Waals surface area contributed by atoms with Crippen LogP contribution in [0, 0.1) is 6.92 Å². The summed E-state index contributed by atoms with van der Waals surface area (Å²) in [5, 5.41) is 7.02. The number of nitrogen functional groups attached to an aromatic ring is 1. The van der Waals surface area contributed by atoms with Gasteiger partial charge in [-0.15, -0.1) is 0 Å². The Kier molecular flexibility index (Phi) is 4.43. The predicted octanol–water partition coefficient (Wildman–Crippen LogP) is 2.71. The van der Waals surface area contributed by atoms with Gasteiger partial charge in [-0.1, -0.05) is 24.9 Å². The largest absolute Gasteiger partial charge is 0.398 e. The van der Waals surface area contributed by atoms with Crippen LogP contribution in [0.15, 0.2) is 23.1 Å². The third-order valence-electron chi connectivity index (χ3n) is 3.06. The summed E-state index contributed by atoms with van der Waals surface area (Å²) >= 11 is 5.98. The SMILES string of the molecule is CCCc1cc(NS(=O)(=O)c2cc(N)c(C)c(Cl)c2)n[nH]1. The van der Waals surface area contributed by atoms with E-state index in [2.05, 4.69) is 14.9 Å². The van der Waals surface area contributed by atoms with Gasteiger partial charge in [0.1, 0.15) is 0 Å². The van der Waals surface area contributed by atoms with Gasteiger partial charge in [0, 0.05) is 22.5 Å². The van der Waals surface area contributed by atoms with Crippen LogP contribution < -0.4 is 10.5 Å². The molecule has 0 radical (unpaired) electrons. The van der Waals surface area contributed by atoms with Gasteiger partial charge in [-0.25, -0.2) is 8.42 Å². The zero-order valence-corrected chi connectivity index (χ0v) is 13.3.